The van der Waals surface area contributed by atoms with Crippen molar-refractivity contribution in [3.8, 4) is 11.1 Å². The average molecular weight is 385 g/mol. The van der Waals surface area contributed by atoms with Crippen molar-refractivity contribution in [2.75, 3.05) is 5.32 Å². The molecule has 4 heterocycles. The van der Waals surface area contributed by atoms with Crippen LogP contribution in [0.25, 0.3) is 33.1 Å². The number of rotatable bonds is 4. The number of carbonyl (C=O) groups is 1. The second-order valence-corrected chi connectivity index (χ2v) is 7.16. The highest BCUT2D eigenvalue weighted by molar-refractivity contribution is 6.09. The van der Waals surface area contributed by atoms with Crippen LogP contribution in [0, 0.1) is 0 Å². The zero-order valence-electron chi connectivity index (χ0n) is 16.0. The van der Waals surface area contributed by atoms with E-state index in [1.54, 1.807) is 29.3 Å². The number of hydrogen-bond acceptors (Lipinski definition) is 4. The molecule has 0 radical (unpaired) electrons. The molecule has 5 rings (SSSR count). The summed E-state index contributed by atoms with van der Waals surface area (Å²) in [6.45, 7) is 3.98. The topological polar surface area (TPSA) is 104 Å². The van der Waals surface area contributed by atoms with E-state index in [1.807, 2.05) is 44.3 Å². The second kappa shape index (κ2) is 6.59. The van der Waals surface area contributed by atoms with Gasteiger partial charge in [0.15, 0.2) is 0 Å². The van der Waals surface area contributed by atoms with Crippen molar-refractivity contribution in [2.45, 2.75) is 19.9 Å². The highest BCUT2D eigenvalue weighted by Crippen LogP contribution is 2.33. The lowest BCUT2D eigenvalue weighted by Crippen LogP contribution is -2.19. The molecule has 8 heteroatoms. The fourth-order valence-electron chi connectivity index (χ4n) is 3.61. The first-order valence-corrected chi connectivity index (χ1v) is 9.36. The molecule has 4 aromatic heterocycles. The van der Waals surface area contributed by atoms with Gasteiger partial charge in [-0.3, -0.25) is 14.6 Å². The number of aromatic nitrogens is 6. The SMILES string of the molecule is CC(C)n1nccc1C(=O)Nc1cc(-c2ccnc3[nH]ccc23)cc2[nH]ncc12. The third kappa shape index (κ3) is 2.85. The molecule has 0 aliphatic carbocycles. The summed E-state index contributed by atoms with van der Waals surface area (Å²) in [4.78, 5) is 20.5. The van der Waals surface area contributed by atoms with Crippen LogP contribution in [0.3, 0.4) is 0 Å². The lowest BCUT2D eigenvalue weighted by molar-refractivity contribution is 0.101. The number of H-pyrrole nitrogens is 2. The molecular formula is C21H19N7O. The lowest BCUT2D eigenvalue weighted by atomic mass is 10.0. The van der Waals surface area contributed by atoms with E-state index in [0.29, 0.717) is 11.4 Å². The molecule has 0 fully saturated rings. The van der Waals surface area contributed by atoms with E-state index < -0.39 is 0 Å². The Morgan fingerprint density at radius 2 is 2.03 bits per heavy atom. The van der Waals surface area contributed by atoms with Gasteiger partial charge in [0, 0.05) is 35.4 Å². The zero-order chi connectivity index (χ0) is 20.0. The first kappa shape index (κ1) is 17.2. The molecule has 0 unspecified atom stereocenters. The highest BCUT2D eigenvalue weighted by atomic mass is 16.2. The minimum Gasteiger partial charge on any atom is -0.346 e. The van der Waals surface area contributed by atoms with Gasteiger partial charge in [-0.05, 0) is 55.3 Å². The van der Waals surface area contributed by atoms with Crippen LogP contribution in [0.4, 0.5) is 5.69 Å². The van der Waals surface area contributed by atoms with E-state index in [0.717, 1.165) is 33.1 Å². The minimum absolute atomic E-state index is 0.0877. The Balaban J connectivity index is 1.61. The first-order chi connectivity index (χ1) is 14.1. The quantitative estimate of drug-likeness (QED) is 0.432. The molecule has 144 valence electrons. The average Bonchev–Trinajstić information content (AvgIpc) is 3.46. The number of nitrogens with zero attached hydrogens (tertiary/aromatic N) is 4. The fraction of sp³-hybridized carbons (Fsp3) is 0.143. The summed E-state index contributed by atoms with van der Waals surface area (Å²) in [5.41, 5.74) is 4.85. The third-order valence-electron chi connectivity index (χ3n) is 4.97. The zero-order valence-corrected chi connectivity index (χ0v) is 16.0. The van der Waals surface area contributed by atoms with Gasteiger partial charge in [0.05, 0.1) is 17.4 Å². The maximum absolute atomic E-state index is 13.0. The van der Waals surface area contributed by atoms with Crippen molar-refractivity contribution in [3.05, 3.63) is 60.8 Å². The van der Waals surface area contributed by atoms with Crippen molar-refractivity contribution < 1.29 is 4.79 Å². The number of pyridine rings is 1. The van der Waals surface area contributed by atoms with Crippen LogP contribution in [0.1, 0.15) is 30.4 Å². The predicted octanol–water partition coefficient (Wildman–Crippen LogP) is 4.14. The van der Waals surface area contributed by atoms with Crippen LogP contribution in [0.5, 0.6) is 0 Å². The van der Waals surface area contributed by atoms with Gasteiger partial charge in [0.1, 0.15) is 11.3 Å². The van der Waals surface area contributed by atoms with Gasteiger partial charge in [0.2, 0.25) is 0 Å². The van der Waals surface area contributed by atoms with Crippen molar-refractivity contribution in [1.82, 2.24) is 29.9 Å². The number of benzene rings is 1. The summed E-state index contributed by atoms with van der Waals surface area (Å²) in [5, 5.41) is 16.3. The van der Waals surface area contributed by atoms with Crippen LogP contribution in [-0.4, -0.2) is 35.9 Å². The molecule has 3 N–H and O–H groups in total. The molecule has 0 saturated heterocycles. The molecule has 1 amide bonds. The summed E-state index contributed by atoms with van der Waals surface area (Å²) in [7, 11) is 0. The van der Waals surface area contributed by atoms with Gasteiger partial charge in [0.25, 0.3) is 5.91 Å². The van der Waals surface area contributed by atoms with Gasteiger partial charge in [-0.1, -0.05) is 0 Å². The monoisotopic (exact) mass is 385 g/mol. The van der Waals surface area contributed by atoms with E-state index in [1.165, 1.54) is 0 Å². The normalized spacial score (nSPS) is 11.6. The van der Waals surface area contributed by atoms with E-state index in [2.05, 4.69) is 30.6 Å². The highest BCUT2D eigenvalue weighted by Gasteiger charge is 2.17. The van der Waals surface area contributed by atoms with Crippen molar-refractivity contribution in [1.29, 1.82) is 0 Å². The minimum atomic E-state index is -0.211. The molecule has 0 spiro atoms. The Kier molecular flexibility index (Phi) is 3.90. The number of anilines is 1. The van der Waals surface area contributed by atoms with Crippen molar-refractivity contribution in [2.24, 2.45) is 0 Å². The van der Waals surface area contributed by atoms with Crippen LogP contribution >= 0.6 is 0 Å². The fourth-order valence-corrected chi connectivity index (χ4v) is 3.61. The number of aromatic amines is 2. The Labute approximate surface area is 166 Å². The summed E-state index contributed by atoms with van der Waals surface area (Å²) in [5.74, 6) is -0.211. The summed E-state index contributed by atoms with van der Waals surface area (Å²) >= 11 is 0. The molecule has 0 saturated carbocycles. The van der Waals surface area contributed by atoms with Gasteiger partial charge < -0.3 is 10.3 Å². The summed E-state index contributed by atoms with van der Waals surface area (Å²) < 4.78 is 1.71. The van der Waals surface area contributed by atoms with Crippen LogP contribution < -0.4 is 5.32 Å². The third-order valence-corrected chi connectivity index (χ3v) is 4.97. The Bertz CT molecular complexity index is 1340. The predicted molar refractivity (Wildman–Crippen MR) is 112 cm³/mol. The molecule has 0 aliphatic rings. The van der Waals surface area contributed by atoms with Crippen LogP contribution in [0.15, 0.2) is 55.1 Å². The first-order valence-electron chi connectivity index (χ1n) is 9.36. The smallest absolute Gasteiger partial charge is 0.273 e. The lowest BCUT2D eigenvalue weighted by Gasteiger charge is -2.13. The molecule has 8 nitrogen and oxygen atoms in total. The number of amides is 1. The molecule has 5 aromatic rings. The van der Waals surface area contributed by atoms with E-state index in [9.17, 15) is 4.79 Å². The number of hydrogen-bond donors (Lipinski definition) is 3. The Morgan fingerprint density at radius 3 is 2.90 bits per heavy atom. The van der Waals surface area contributed by atoms with Gasteiger partial charge in [-0.15, -0.1) is 0 Å². The van der Waals surface area contributed by atoms with E-state index in [4.69, 9.17) is 0 Å². The summed E-state index contributed by atoms with van der Waals surface area (Å²) in [6.07, 6.45) is 6.99. The molecule has 1 aromatic carbocycles. The Hall–Kier alpha value is -3.94. The van der Waals surface area contributed by atoms with Crippen molar-refractivity contribution in [3.63, 3.8) is 0 Å². The van der Waals surface area contributed by atoms with Gasteiger partial charge in [-0.25, -0.2) is 4.98 Å². The largest absolute Gasteiger partial charge is 0.346 e. The maximum atomic E-state index is 13.0. The molecule has 0 aliphatic heterocycles. The van der Waals surface area contributed by atoms with Gasteiger partial charge in [-0.2, -0.15) is 10.2 Å². The van der Waals surface area contributed by atoms with Crippen LogP contribution in [-0.2, 0) is 0 Å². The molecule has 29 heavy (non-hydrogen) atoms. The van der Waals surface area contributed by atoms with E-state index in [-0.39, 0.29) is 11.9 Å². The number of nitrogens with one attached hydrogen (secondary N) is 3. The standard InChI is InChI=1S/C21H19N7O/c1-12(2)28-19(5-8-25-28)21(29)26-17-9-13(10-18-16(17)11-24-27-18)14-3-6-22-20-15(14)4-7-23-20/h3-12H,1-2H3,(H,22,23)(H,24,27)(H,26,29). The number of carbonyl (C=O) groups excluding carboxylic acids is 1. The van der Waals surface area contributed by atoms with Crippen molar-refractivity contribution >= 4 is 33.5 Å². The van der Waals surface area contributed by atoms with E-state index >= 15 is 0 Å². The molecular weight excluding hydrogens is 366 g/mol. The summed E-state index contributed by atoms with van der Waals surface area (Å²) in [6, 6.07) is 9.76. The molecule has 0 atom stereocenters. The second-order valence-electron chi connectivity index (χ2n) is 7.16. The Morgan fingerprint density at radius 1 is 1.14 bits per heavy atom. The van der Waals surface area contributed by atoms with Gasteiger partial charge >= 0.3 is 0 Å². The molecule has 0 bridgehead atoms. The number of fused-ring (bicyclic) bond motifs is 2. The van der Waals surface area contributed by atoms with Crippen LogP contribution in [0.2, 0.25) is 0 Å². The maximum Gasteiger partial charge on any atom is 0.273 e.